The Bertz CT molecular complexity index is 720. The van der Waals surface area contributed by atoms with Crippen molar-refractivity contribution < 1.29 is 9.26 Å². The molecule has 1 saturated heterocycles. The van der Waals surface area contributed by atoms with Gasteiger partial charge in [-0.15, -0.1) is 0 Å². The fraction of sp³-hybridized carbons (Fsp3) is 0.524. The summed E-state index contributed by atoms with van der Waals surface area (Å²) in [7, 11) is 1.83. The van der Waals surface area contributed by atoms with Crippen LogP contribution in [0.1, 0.15) is 31.0 Å². The predicted molar refractivity (Wildman–Crippen MR) is 111 cm³/mol. The van der Waals surface area contributed by atoms with Crippen LogP contribution >= 0.6 is 0 Å². The van der Waals surface area contributed by atoms with E-state index >= 15 is 0 Å². The van der Waals surface area contributed by atoms with Gasteiger partial charge in [0, 0.05) is 45.8 Å². The van der Waals surface area contributed by atoms with Gasteiger partial charge in [-0.25, -0.2) is 0 Å². The first-order valence-corrected chi connectivity index (χ1v) is 9.95. The topological polar surface area (TPSA) is 66.1 Å². The molecule has 1 aliphatic heterocycles. The summed E-state index contributed by atoms with van der Waals surface area (Å²) in [5, 5.41) is 7.39. The number of piperazine rings is 1. The molecule has 2 aromatic rings. The second kappa shape index (κ2) is 10.1. The van der Waals surface area contributed by atoms with Crippen LogP contribution in [-0.4, -0.2) is 67.3 Å². The van der Waals surface area contributed by atoms with Crippen molar-refractivity contribution in [3.63, 3.8) is 0 Å². The van der Waals surface area contributed by atoms with Gasteiger partial charge in [-0.3, -0.25) is 9.89 Å². The van der Waals surface area contributed by atoms with Crippen molar-refractivity contribution in [1.82, 2.24) is 20.3 Å². The summed E-state index contributed by atoms with van der Waals surface area (Å²) in [6.45, 7) is 10.4. The summed E-state index contributed by atoms with van der Waals surface area (Å²) in [5.74, 6) is 2.37. The number of nitrogens with one attached hydrogen (secondary N) is 1. The molecule has 0 spiro atoms. The lowest BCUT2D eigenvalue weighted by Gasteiger charge is -2.36. The molecule has 0 bridgehead atoms. The maximum absolute atomic E-state index is 5.84. The molecular formula is C21H31N5O2. The SMILES string of the molecule is CN=C(NCCOc1ccc(C(C)C)cc1)N1CCN(Cc2ccon2)CC1. The molecule has 0 saturated carbocycles. The first kappa shape index (κ1) is 20.2. The molecule has 0 unspecified atom stereocenters. The number of ether oxygens (including phenoxy) is 1. The number of nitrogens with zero attached hydrogens (tertiary/aromatic N) is 4. The van der Waals surface area contributed by atoms with Gasteiger partial charge in [0.15, 0.2) is 5.96 Å². The molecule has 1 N–H and O–H groups in total. The Morgan fingerprint density at radius 1 is 1.18 bits per heavy atom. The van der Waals surface area contributed by atoms with Gasteiger partial charge in [0.05, 0.1) is 12.2 Å². The zero-order valence-electron chi connectivity index (χ0n) is 17.1. The molecule has 1 aliphatic rings. The van der Waals surface area contributed by atoms with E-state index in [-0.39, 0.29) is 0 Å². The molecule has 1 fully saturated rings. The third kappa shape index (κ3) is 5.73. The van der Waals surface area contributed by atoms with Crippen LogP contribution in [0.5, 0.6) is 5.75 Å². The van der Waals surface area contributed by atoms with E-state index in [9.17, 15) is 0 Å². The van der Waals surface area contributed by atoms with Crippen molar-refractivity contribution in [3.8, 4) is 5.75 Å². The van der Waals surface area contributed by atoms with Gasteiger partial charge in [-0.1, -0.05) is 31.1 Å². The summed E-state index contributed by atoms with van der Waals surface area (Å²) in [6, 6.07) is 10.3. The van der Waals surface area contributed by atoms with Crippen LogP contribution in [0, 0.1) is 0 Å². The van der Waals surface area contributed by atoms with Crippen molar-refractivity contribution in [2.24, 2.45) is 4.99 Å². The van der Waals surface area contributed by atoms with E-state index in [2.05, 4.69) is 51.2 Å². The smallest absolute Gasteiger partial charge is 0.193 e. The average molecular weight is 386 g/mol. The molecule has 0 radical (unpaired) electrons. The minimum Gasteiger partial charge on any atom is -0.492 e. The van der Waals surface area contributed by atoms with Gasteiger partial charge in [-0.05, 0) is 23.6 Å². The van der Waals surface area contributed by atoms with Gasteiger partial charge in [0.1, 0.15) is 18.6 Å². The van der Waals surface area contributed by atoms with E-state index in [4.69, 9.17) is 9.26 Å². The highest BCUT2D eigenvalue weighted by Crippen LogP contribution is 2.18. The second-order valence-corrected chi connectivity index (χ2v) is 7.30. The van der Waals surface area contributed by atoms with Gasteiger partial charge in [-0.2, -0.15) is 0 Å². The zero-order valence-corrected chi connectivity index (χ0v) is 17.1. The minimum atomic E-state index is 0.537. The van der Waals surface area contributed by atoms with Crippen LogP contribution in [0.4, 0.5) is 0 Å². The van der Waals surface area contributed by atoms with Crippen LogP contribution in [0.15, 0.2) is 46.1 Å². The number of benzene rings is 1. The van der Waals surface area contributed by atoms with Crippen LogP contribution in [0.3, 0.4) is 0 Å². The van der Waals surface area contributed by atoms with Crippen molar-refractivity contribution in [2.45, 2.75) is 26.3 Å². The lowest BCUT2D eigenvalue weighted by atomic mass is 10.0. The van der Waals surface area contributed by atoms with Crippen molar-refractivity contribution in [2.75, 3.05) is 46.4 Å². The zero-order chi connectivity index (χ0) is 19.8. The van der Waals surface area contributed by atoms with Crippen molar-refractivity contribution >= 4 is 5.96 Å². The highest BCUT2D eigenvalue weighted by molar-refractivity contribution is 5.80. The predicted octanol–water partition coefficient (Wildman–Crippen LogP) is 2.57. The van der Waals surface area contributed by atoms with Crippen molar-refractivity contribution in [3.05, 3.63) is 47.9 Å². The molecule has 0 amide bonds. The summed E-state index contributed by atoms with van der Waals surface area (Å²) in [5.41, 5.74) is 2.31. The Morgan fingerprint density at radius 3 is 2.54 bits per heavy atom. The Balaban J connectivity index is 1.36. The largest absolute Gasteiger partial charge is 0.492 e. The Hall–Kier alpha value is -2.54. The number of rotatable bonds is 7. The Labute approximate surface area is 167 Å². The number of aliphatic imine (C=N–C) groups is 1. The molecule has 28 heavy (non-hydrogen) atoms. The van der Waals surface area contributed by atoms with E-state index < -0.39 is 0 Å². The molecule has 1 aromatic carbocycles. The summed E-state index contributed by atoms with van der Waals surface area (Å²) in [6.07, 6.45) is 1.62. The quantitative estimate of drug-likeness (QED) is 0.449. The van der Waals surface area contributed by atoms with Gasteiger partial charge in [0.2, 0.25) is 0 Å². The molecule has 1 aromatic heterocycles. The van der Waals surface area contributed by atoms with Crippen LogP contribution in [0.2, 0.25) is 0 Å². The van der Waals surface area contributed by atoms with Gasteiger partial charge >= 0.3 is 0 Å². The molecule has 7 nitrogen and oxygen atoms in total. The van der Waals surface area contributed by atoms with E-state index in [0.717, 1.165) is 56.7 Å². The highest BCUT2D eigenvalue weighted by Gasteiger charge is 2.20. The summed E-state index contributed by atoms with van der Waals surface area (Å²) >= 11 is 0. The first-order chi connectivity index (χ1) is 13.7. The van der Waals surface area contributed by atoms with Crippen LogP contribution in [0.25, 0.3) is 0 Å². The highest BCUT2D eigenvalue weighted by atomic mass is 16.5. The molecule has 152 valence electrons. The third-order valence-corrected chi connectivity index (χ3v) is 4.96. The summed E-state index contributed by atoms with van der Waals surface area (Å²) in [4.78, 5) is 9.09. The standard InChI is InChI=1S/C21H31N5O2/c1-17(2)18-4-6-20(7-5-18)27-15-9-23-21(22-3)26-12-10-25(11-13-26)16-19-8-14-28-24-19/h4-8,14,17H,9-13,15-16H2,1-3H3,(H,22,23). The Kier molecular flexibility index (Phi) is 7.31. The molecule has 7 heteroatoms. The van der Waals surface area contributed by atoms with E-state index in [1.165, 1.54) is 5.56 Å². The van der Waals surface area contributed by atoms with E-state index in [1.54, 1.807) is 6.26 Å². The van der Waals surface area contributed by atoms with Gasteiger partial charge in [0.25, 0.3) is 0 Å². The summed E-state index contributed by atoms with van der Waals surface area (Å²) < 4.78 is 10.7. The average Bonchev–Trinajstić information content (AvgIpc) is 3.22. The molecule has 0 atom stereocenters. The number of guanidine groups is 1. The maximum Gasteiger partial charge on any atom is 0.193 e. The molecular weight excluding hydrogens is 354 g/mol. The van der Waals surface area contributed by atoms with Crippen molar-refractivity contribution in [1.29, 1.82) is 0 Å². The van der Waals surface area contributed by atoms with Crippen LogP contribution < -0.4 is 10.1 Å². The molecule has 2 heterocycles. The number of hydrogen-bond acceptors (Lipinski definition) is 5. The lowest BCUT2D eigenvalue weighted by Crippen LogP contribution is -2.52. The number of hydrogen-bond donors (Lipinski definition) is 1. The fourth-order valence-corrected chi connectivity index (χ4v) is 3.28. The Morgan fingerprint density at radius 2 is 1.93 bits per heavy atom. The first-order valence-electron chi connectivity index (χ1n) is 9.95. The van der Waals surface area contributed by atoms with Gasteiger partial charge < -0.3 is 19.5 Å². The second-order valence-electron chi connectivity index (χ2n) is 7.30. The van der Waals surface area contributed by atoms with Crippen LogP contribution in [-0.2, 0) is 6.54 Å². The monoisotopic (exact) mass is 385 g/mol. The normalized spacial score (nSPS) is 15.9. The number of aromatic nitrogens is 1. The fourth-order valence-electron chi connectivity index (χ4n) is 3.28. The molecule has 3 rings (SSSR count). The minimum absolute atomic E-state index is 0.537. The maximum atomic E-state index is 5.84. The van der Waals surface area contributed by atoms with E-state index in [0.29, 0.717) is 12.5 Å². The molecule has 0 aliphatic carbocycles. The lowest BCUT2D eigenvalue weighted by molar-refractivity contribution is 0.168. The third-order valence-electron chi connectivity index (χ3n) is 4.96. The van der Waals surface area contributed by atoms with E-state index in [1.807, 2.05) is 25.2 Å².